The molecule has 166 valence electrons. The summed E-state index contributed by atoms with van der Waals surface area (Å²) in [7, 11) is 3.71. The lowest BCUT2D eigenvalue weighted by molar-refractivity contribution is -0.128. The van der Waals surface area contributed by atoms with Crippen molar-refractivity contribution in [2.45, 2.75) is 19.5 Å². The zero-order valence-electron chi connectivity index (χ0n) is 19.0. The van der Waals surface area contributed by atoms with Gasteiger partial charge in [-0.2, -0.15) is 0 Å². The Morgan fingerprint density at radius 3 is 2.26 bits per heavy atom. The summed E-state index contributed by atoms with van der Waals surface area (Å²) in [5, 5.41) is 0. The molecule has 0 N–H and O–H groups in total. The molecule has 4 rings (SSSR count). The Bertz CT molecular complexity index is 860. The zero-order chi connectivity index (χ0) is 21.8. The fourth-order valence-corrected chi connectivity index (χ4v) is 4.67. The first kappa shape index (κ1) is 21.7. The summed E-state index contributed by atoms with van der Waals surface area (Å²) in [5.74, 6) is 1.05. The van der Waals surface area contributed by atoms with Gasteiger partial charge in [0, 0.05) is 38.4 Å². The maximum absolute atomic E-state index is 12.7. The van der Waals surface area contributed by atoms with Crippen molar-refractivity contribution >= 4 is 11.6 Å². The lowest BCUT2D eigenvalue weighted by Crippen LogP contribution is -2.46. The second-order valence-electron chi connectivity index (χ2n) is 8.49. The van der Waals surface area contributed by atoms with Gasteiger partial charge in [0.2, 0.25) is 5.91 Å². The maximum atomic E-state index is 12.7. The van der Waals surface area contributed by atoms with Gasteiger partial charge < -0.3 is 19.4 Å². The fourth-order valence-electron chi connectivity index (χ4n) is 4.67. The average molecular weight is 423 g/mol. The Morgan fingerprint density at radius 2 is 1.65 bits per heavy atom. The zero-order valence-corrected chi connectivity index (χ0v) is 19.0. The van der Waals surface area contributed by atoms with Gasteiger partial charge in [0.25, 0.3) is 0 Å². The number of nitrogens with zero attached hydrogens (tertiary/aromatic N) is 4. The molecule has 0 spiro atoms. The number of carbonyl (C=O) groups is 1. The number of anilines is 1. The summed E-state index contributed by atoms with van der Waals surface area (Å²) in [6.07, 6.45) is 0.830. The molecule has 2 fully saturated rings. The van der Waals surface area contributed by atoms with Crippen molar-refractivity contribution in [2.24, 2.45) is 0 Å². The molecule has 2 aliphatic heterocycles. The molecule has 1 unspecified atom stereocenters. The number of methoxy groups -OCH3 is 1. The quantitative estimate of drug-likeness (QED) is 0.686. The van der Waals surface area contributed by atoms with Gasteiger partial charge in [0.15, 0.2) is 0 Å². The number of carbonyl (C=O) groups excluding carboxylic acids is 1. The lowest BCUT2D eigenvalue weighted by atomic mass is 10.1. The highest BCUT2D eigenvalue weighted by atomic mass is 16.5. The number of ether oxygens (including phenoxy) is 1. The van der Waals surface area contributed by atoms with E-state index in [1.807, 2.05) is 24.1 Å². The van der Waals surface area contributed by atoms with Crippen LogP contribution < -0.4 is 9.64 Å². The molecule has 31 heavy (non-hydrogen) atoms. The number of hydrogen-bond donors (Lipinski definition) is 0. The summed E-state index contributed by atoms with van der Waals surface area (Å²) in [6.45, 7) is 8.92. The van der Waals surface area contributed by atoms with Gasteiger partial charge in [-0.05, 0) is 55.4 Å². The van der Waals surface area contributed by atoms with Crippen LogP contribution in [-0.4, -0.2) is 80.6 Å². The normalized spacial score (nSPS) is 20.5. The molecule has 0 bridgehead atoms. The molecule has 1 amide bonds. The molecule has 0 saturated carbocycles. The van der Waals surface area contributed by atoms with Crippen LogP contribution in [0.3, 0.4) is 0 Å². The van der Waals surface area contributed by atoms with Crippen LogP contribution in [0.4, 0.5) is 5.69 Å². The van der Waals surface area contributed by atoms with Crippen LogP contribution in [0.2, 0.25) is 0 Å². The van der Waals surface area contributed by atoms with Gasteiger partial charge >= 0.3 is 0 Å². The standard InChI is InChI=1S/C25H34N4O2/c1-4-27-15-17-28(18-16-27)22-9-7-21(8-10-22)25-26(2)19-24(30)29(25)14-13-20-5-11-23(31-3)12-6-20/h5-12,25H,4,13-19H2,1-3H3. The Morgan fingerprint density at radius 1 is 0.968 bits per heavy atom. The first-order valence-corrected chi connectivity index (χ1v) is 11.3. The number of benzene rings is 2. The minimum absolute atomic E-state index is 0.00302. The van der Waals surface area contributed by atoms with Crippen LogP contribution in [0.1, 0.15) is 24.2 Å². The summed E-state index contributed by atoms with van der Waals surface area (Å²) < 4.78 is 5.24. The topological polar surface area (TPSA) is 39.3 Å². The maximum Gasteiger partial charge on any atom is 0.238 e. The van der Waals surface area contributed by atoms with Crippen LogP contribution in [0, 0.1) is 0 Å². The van der Waals surface area contributed by atoms with Crippen LogP contribution in [0.15, 0.2) is 48.5 Å². The van der Waals surface area contributed by atoms with E-state index in [4.69, 9.17) is 4.74 Å². The third kappa shape index (κ3) is 4.86. The van der Waals surface area contributed by atoms with Gasteiger partial charge in [-0.25, -0.2) is 0 Å². The van der Waals surface area contributed by atoms with Crippen LogP contribution in [0.25, 0.3) is 0 Å². The highest BCUT2D eigenvalue weighted by molar-refractivity contribution is 5.81. The predicted octanol–water partition coefficient (Wildman–Crippen LogP) is 2.85. The average Bonchev–Trinajstić information content (AvgIpc) is 3.10. The van der Waals surface area contributed by atoms with E-state index in [-0.39, 0.29) is 12.1 Å². The minimum Gasteiger partial charge on any atom is -0.497 e. The van der Waals surface area contributed by atoms with Gasteiger partial charge in [-0.15, -0.1) is 0 Å². The van der Waals surface area contributed by atoms with Crippen molar-refractivity contribution in [1.82, 2.24) is 14.7 Å². The molecule has 2 aromatic carbocycles. The van der Waals surface area contributed by atoms with Crippen molar-refractivity contribution in [3.63, 3.8) is 0 Å². The number of hydrogen-bond acceptors (Lipinski definition) is 5. The monoisotopic (exact) mass is 422 g/mol. The van der Waals surface area contributed by atoms with Crippen LogP contribution >= 0.6 is 0 Å². The molecule has 0 aromatic heterocycles. The fraction of sp³-hybridized carbons (Fsp3) is 0.480. The van der Waals surface area contributed by atoms with E-state index in [1.54, 1.807) is 7.11 Å². The number of amides is 1. The largest absolute Gasteiger partial charge is 0.497 e. The summed E-state index contributed by atoms with van der Waals surface area (Å²) in [6, 6.07) is 16.9. The summed E-state index contributed by atoms with van der Waals surface area (Å²) >= 11 is 0. The first-order valence-electron chi connectivity index (χ1n) is 11.3. The van der Waals surface area contributed by atoms with E-state index >= 15 is 0 Å². The smallest absolute Gasteiger partial charge is 0.238 e. The van der Waals surface area contributed by atoms with E-state index < -0.39 is 0 Å². The summed E-state index contributed by atoms with van der Waals surface area (Å²) in [4.78, 5) is 21.8. The van der Waals surface area contributed by atoms with Crippen molar-refractivity contribution in [3.8, 4) is 5.75 Å². The van der Waals surface area contributed by atoms with Crippen molar-refractivity contribution in [2.75, 3.05) is 64.9 Å². The van der Waals surface area contributed by atoms with Crippen LogP contribution in [-0.2, 0) is 11.2 Å². The van der Waals surface area contributed by atoms with E-state index in [9.17, 15) is 4.79 Å². The molecular weight excluding hydrogens is 388 g/mol. The molecule has 2 heterocycles. The molecule has 2 saturated heterocycles. The minimum atomic E-state index is -0.00302. The highest BCUT2D eigenvalue weighted by Gasteiger charge is 2.36. The predicted molar refractivity (Wildman–Crippen MR) is 125 cm³/mol. The molecule has 6 heteroatoms. The number of piperazine rings is 1. The van der Waals surface area contributed by atoms with Crippen molar-refractivity contribution in [3.05, 3.63) is 59.7 Å². The van der Waals surface area contributed by atoms with Crippen molar-refractivity contribution in [1.29, 1.82) is 0 Å². The molecule has 6 nitrogen and oxygen atoms in total. The Hall–Kier alpha value is -2.57. The van der Waals surface area contributed by atoms with Gasteiger partial charge in [0.1, 0.15) is 11.9 Å². The third-order valence-corrected chi connectivity index (χ3v) is 6.59. The second kappa shape index (κ2) is 9.71. The molecule has 2 aromatic rings. The summed E-state index contributed by atoms with van der Waals surface area (Å²) in [5.41, 5.74) is 3.67. The molecule has 2 aliphatic rings. The molecule has 0 radical (unpaired) electrons. The Balaban J connectivity index is 1.43. The van der Waals surface area contributed by atoms with E-state index in [0.717, 1.165) is 44.9 Å². The van der Waals surface area contributed by atoms with E-state index in [2.05, 4.69) is 58.0 Å². The van der Waals surface area contributed by atoms with E-state index in [0.29, 0.717) is 13.1 Å². The SMILES string of the molecule is CCN1CCN(c2ccc(C3N(C)CC(=O)N3CCc3ccc(OC)cc3)cc2)CC1. The third-order valence-electron chi connectivity index (χ3n) is 6.59. The Kier molecular flexibility index (Phi) is 6.78. The van der Waals surface area contributed by atoms with Crippen LogP contribution in [0.5, 0.6) is 5.75 Å². The van der Waals surface area contributed by atoms with Gasteiger partial charge in [-0.3, -0.25) is 9.69 Å². The first-order chi connectivity index (χ1) is 15.1. The second-order valence-corrected chi connectivity index (χ2v) is 8.49. The van der Waals surface area contributed by atoms with Gasteiger partial charge in [-0.1, -0.05) is 31.2 Å². The van der Waals surface area contributed by atoms with Gasteiger partial charge in [0.05, 0.1) is 13.7 Å². The highest BCUT2D eigenvalue weighted by Crippen LogP contribution is 2.31. The Labute approximate surface area is 186 Å². The number of likely N-dealkylation sites (N-methyl/N-ethyl adjacent to an activating group) is 2. The molecule has 1 atom stereocenters. The van der Waals surface area contributed by atoms with E-state index in [1.165, 1.54) is 16.8 Å². The molecule has 0 aliphatic carbocycles. The van der Waals surface area contributed by atoms with Crippen molar-refractivity contribution < 1.29 is 9.53 Å². The molecular formula is C25H34N4O2. The lowest BCUT2D eigenvalue weighted by Gasteiger charge is -2.36. The number of rotatable bonds is 7.